The van der Waals surface area contributed by atoms with Gasteiger partial charge in [-0.05, 0) is 82.1 Å². The molecule has 2 aliphatic carbocycles. The van der Waals surface area contributed by atoms with Crippen molar-refractivity contribution in [3.05, 3.63) is 65.2 Å². The van der Waals surface area contributed by atoms with Gasteiger partial charge in [0.15, 0.2) is 0 Å². The van der Waals surface area contributed by atoms with E-state index in [1.165, 1.54) is 24.0 Å². The Hall–Kier alpha value is -2.90. The third-order valence-electron chi connectivity index (χ3n) is 8.54. The van der Waals surface area contributed by atoms with Crippen LogP contribution in [-0.2, 0) is 11.3 Å². The normalized spacial score (nSPS) is 25.7. The van der Waals surface area contributed by atoms with Crippen molar-refractivity contribution in [1.82, 2.24) is 15.1 Å². The maximum absolute atomic E-state index is 13.8. The Morgan fingerprint density at radius 1 is 1.00 bits per heavy atom. The minimum Gasteiger partial charge on any atom is -0.497 e. The van der Waals surface area contributed by atoms with Crippen molar-refractivity contribution >= 4 is 11.8 Å². The van der Waals surface area contributed by atoms with E-state index in [1.54, 1.807) is 18.1 Å². The molecule has 5 rings (SSSR count). The quantitative estimate of drug-likeness (QED) is 0.551. The molecule has 3 aliphatic rings. The van der Waals surface area contributed by atoms with Crippen molar-refractivity contribution in [2.24, 2.45) is 5.73 Å². The van der Waals surface area contributed by atoms with E-state index >= 15 is 0 Å². The molecule has 3 fully saturated rings. The van der Waals surface area contributed by atoms with Gasteiger partial charge in [0.25, 0.3) is 5.91 Å². The molecule has 0 aromatic heterocycles. The maximum Gasteiger partial charge on any atom is 0.254 e. The Morgan fingerprint density at radius 3 is 2.42 bits per heavy atom. The van der Waals surface area contributed by atoms with Crippen LogP contribution in [0, 0.1) is 6.92 Å². The summed E-state index contributed by atoms with van der Waals surface area (Å²) in [5, 5.41) is 3.30. The molecule has 2 atom stereocenters. The van der Waals surface area contributed by atoms with E-state index in [4.69, 9.17) is 10.5 Å². The minimum atomic E-state index is -0.498. The van der Waals surface area contributed by atoms with Gasteiger partial charge in [-0.3, -0.25) is 14.5 Å². The lowest BCUT2D eigenvalue weighted by Crippen LogP contribution is -2.58. The number of hydrogen-bond donors (Lipinski definition) is 2. The standard InChI is InChI=1S/C31H42N4O3/c1-21-6-8-22(9-7-21)20-35(26-14-15-26)27-16-17-34(31(37)23-4-3-5-28(18-23)38-2)29(19-27)30(36)33-25-12-10-24(32)11-13-25/h3-9,18,24-27,29H,10-17,19-20,32H2,1-2H3,(H,33,36)/t24?,25?,27?,29-/m1/s1. The Bertz CT molecular complexity index is 1110. The van der Waals surface area contributed by atoms with Gasteiger partial charge in [0.2, 0.25) is 5.91 Å². The van der Waals surface area contributed by atoms with Gasteiger partial charge in [-0.2, -0.15) is 0 Å². The smallest absolute Gasteiger partial charge is 0.254 e. The zero-order chi connectivity index (χ0) is 26.6. The van der Waals surface area contributed by atoms with Gasteiger partial charge >= 0.3 is 0 Å². The van der Waals surface area contributed by atoms with Crippen molar-refractivity contribution in [3.63, 3.8) is 0 Å². The van der Waals surface area contributed by atoms with Crippen LogP contribution in [0.1, 0.15) is 72.9 Å². The van der Waals surface area contributed by atoms with E-state index in [9.17, 15) is 9.59 Å². The number of hydrogen-bond acceptors (Lipinski definition) is 5. The summed E-state index contributed by atoms with van der Waals surface area (Å²) in [5.41, 5.74) is 9.22. The molecule has 204 valence electrons. The molecule has 1 heterocycles. The van der Waals surface area contributed by atoms with E-state index < -0.39 is 6.04 Å². The van der Waals surface area contributed by atoms with Crippen molar-refractivity contribution in [3.8, 4) is 5.75 Å². The van der Waals surface area contributed by atoms with Crippen molar-refractivity contribution < 1.29 is 14.3 Å². The van der Waals surface area contributed by atoms with Crippen LogP contribution < -0.4 is 15.8 Å². The average molecular weight is 519 g/mol. The third kappa shape index (κ3) is 6.38. The highest BCUT2D eigenvalue weighted by Crippen LogP contribution is 2.35. The SMILES string of the molecule is COc1cccc(C(=O)N2CCC(N(Cc3ccc(C)cc3)C3CC3)C[C@@H]2C(=O)NC2CCC(N)CC2)c1. The molecule has 3 N–H and O–H groups in total. The Kier molecular flexibility index (Phi) is 8.34. The summed E-state index contributed by atoms with van der Waals surface area (Å²) in [7, 11) is 1.60. The fourth-order valence-corrected chi connectivity index (χ4v) is 6.09. The molecule has 2 aromatic carbocycles. The number of nitrogens with zero attached hydrogens (tertiary/aromatic N) is 2. The summed E-state index contributed by atoms with van der Waals surface area (Å²) in [6.07, 6.45) is 7.56. The highest BCUT2D eigenvalue weighted by atomic mass is 16.5. The first-order chi connectivity index (χ1) is 18.4. The maximum atomic E-state index is 13.8. The zero-order valence-corrected chi connectivity index (χ0v) is 22.8. The third-order valence-corrected chi connectivity index (χ3v) is 8.54. The number of likely N-dealkylation sites (tertiary alicyclic amines) is 1. The molecule has 38 heavy (non-hydrogen) atoms. The highest BCUT2D eigenvalue weighted by Gasteiger charge is 2.42. The van der Waals surface area contributed by atoms with Crippen LogP contribution in [-0.4, -0.2) is 65.5 Å². The Morgan fingerprint density at radius 2 is 1.74 bits per heavy atom. The van der Waals surface area contributed by atoms with E-state index in [2.05, 4.69) is 41.4 Å². The second kappa shape index (κ2) is 11.9. The van der Waals surface area contributed by atoms with Gasteiger partial charge in [-0.25, -0.2) is 0 Å². The summed E-state index contributed by atoms with van der Waals surface area (Å²) in [6, 6.07) is 16.7. The number of ether oxygens (including phenoxy) is 1. The topological polar surface area (TPSA) is 87.9 Å². The van der Waals surface area contributed by atoms with Crippen LogP contribution in [0.25, 0.3) is 0 Å². The first-order valence-electron chi connectivity index (χ1n) is 14.2. The molecule has 0 spiro atoms. The lowest BCUT2D eigenvalue weighted by molar-refractivity contribution is -0.128. The van der Waals surface area contributed by atoms with Gasteiger partial charge in [-0.1, -0.05) is 35.9 Å². The van der Waals surface area contributed by atoms with Gasteiger partial charge in [0.1, 0.15) is 11.8 Å². The molecule has 7 heteroatoms. The molecule has 0 bridgehead atoms. The first-order valence-corrected chi connectivity index (χ1v) is 14.2. The summed E-state index contributed by atoms with van der Waals surface area (Å²) in [6.45, 7) is 3.56. The number of nitrogens with two attached hydrogens (primary N) is 1. The lowest BCUT2D eigenvalue weighted by atomic mass is 9.90. The molecule has 2 amide bonds. The molecule has 1 saturated heterocycles. The second-order valence-electron chi connectivity index (χ2n) is 11.4. The Labute approximate surface area is 226 Å². The number of amides is 2. The van der Waals surface area contributed by atoms with Gasteiger partial charge < -0.3 is 20.7 Å². The summed E-state index contributed by atoms with van der Waals surface area (Å²) in [5.74, 6) is 0.505. The number of rotatable bonds is 8. The molecule has 1 unspecified atom stereocenters. The number of piperidine rings is 1. The largest absolute Gasteiger partial charge is 0.497 e. The van der Waals surface area contributed by atoms with Crippen molar-refractivity contribution in [2.45, 2.75) is 95.0 Å². The average Bonchev–Trinajstić information content (AvgIpc) is 3.79. The lowest BCUT2D eigenvalue weighted by Gasteiger charge is -2.43. The molecule has 1 aliphatic heterocycles. The van der Waals surface area contributed by atoms with Gasteiger partial charge in [0, 0.05) is 42.8 Å². The van der Waals surface area contributed by atoms with Crippen LogP contribution >= 0.6 is 0 Å². The van der Waals surface area contributed by atoms with Crippen LogP contribution in [0.3, 0.4) is 0 Å². The van der Waals surface area contributed by atoms with E-state index in [0.29, 0.717) is 30.3 Å². The number of aryl methyl sites for hydroxylation is 1. The predicted octanol–water partition coefficient (Wildman–Crippen LogP) is 4.03. The number of carbonyl (C=O) groups is 2. The number of benzene rings is 2. The number of methoxy groups -OCH3 is 1. The fourth-order valence-electron chi connectivity index (χ4n) is 6.09. The van der Waals surface area contributed by atoms with Crippen LogP contribution in [0.2, 0.25) is 0 Å². The molecule has 2 saturated carbocycles. The van der Waals surface area contributed by atoms with Crippen molar-refractivity contribution in [1.29, 1.82) is 0 Å². The van der Waals surface area contributed by atoms with E-state index in [0.717, 1.165) is 38.6 Å². The highest BCUT2D eigenvalue weighted by molar-refractivity contribution is 5.98. The van der Waals surface area contributed by atoms with Crippen LogP contribution in [0.15, 0.2) is 48.5 Å². The summed E-state index contributed by atoms with van der Waals surface area (Å²) in [4.78, 5) is 31.9. The van der Waals surface area contributed by atoms with Gasteiger partial charge in [0.05, 0.1) is 7.11 Å². The predicted molar refractivity (Wildman–Crippen MR) is 149 cm³/mol. The van der Waals surface area contributed by atoms with Gasteiger partial charge in [-0.15, -0.1) is 0 Å². The molecule has 7 nitrogen and oxygen atoms in total. The molecular weight excluding hydrogens is 476 g/mol. The van der Waals surface area contributed by atoms with Crippen molar-refractivity contribution in [2.75, 3.05) is 13.7 Å². The van der Waals surface area contributed by atoms with Crippen LogP contribution in [0.4, 0.5) is 0 Å². The molecular formula is C31H42N4O3. The summed E-state index contributed by atoms with van der Waals surface area (Å²) >= 11 is 0. The monoisotopic (exact) mass is 518 g/mol. The number of carbonyl (C=O) groups excluding carboxylic acids is 2. The number of nitrogens with one attached hydrogen (secondary N) is 1. The first kappa shape index (κ1) is 26.7. The van der Waals surface area contributed by atoms with E-state index in [-0.39, 0.29) is 29.9 Å². The fraction of sp³-hybridized carbons (Fsp3) is 0.548. The molecule has 0 radical (unpaired) electrons. The molecule has 2 aromatic rings. The second-order valence-corrected chi connectivity index (χ2v) is 11.4. The summed E-state index contributed by atoms with van der Waals surface area (Å²) < 4.78 is 5.35. The Balaban J connectivity index is 1.35. The van der Waals surface area contributed by atoms with E-state index in [1.807, 2.05) is 18.2 Å². The van der Waals surface area contributed by atoms with Crippen LogP contribution in [0.5, 0.6) is 5.75 Å². The minimum absolute atomic E-state index is 0.0301. The zero-order valence-electron chi connectivity index (χ0n) is 22.8.